The maximum absolute atomic E-state index is 11.3. The van der Waals surface area contributed by atoms with Crippen LogP contribution in [0, 0.1) is 0 Å². The monoisotopic (exact) mass is 292 g/mol. The van der Waals surface area contributed by atoms with Crippen molar-refractivity contribution in [3.8, 4) is 0 Å². The van der Waals surface area contributed by atoms with Gasteiger partial charge in [0.2, 0.25) is 0 Å². The number of nitrogens with zero attached hydrogens (tertiary/aromatic N) is 1. The second-order valence-corrected chi connectivity index (χ2v) is 6.78. The Morgan fingerprint density at radius 1 is 1.32 bits per heavy atom. The molecule has 0 bridgehead atoms. The van der Waals surface area contributed by atoms with Gasteiger partial charge in [-0.3, -0.25) is 4.57 Å². The fourth-order valence-electron chi connectivity index (χ4n) is 2.15. The lowest BCUT2D eigenvalue weighted by molar-refractivity contribution is 0.602. The first kappa shape index (κ1) is 12.4. The van der Waals surface area contributed by atoms with Crippen LogP contribution >= 0.6 is 12.2 Å². The van der Waals surface area contributed by atoms with Gasteiger partial charge in [0.05, 0.1) is 17.3 Å². The molecule has 1 unspecified atom stereocenters. The maximum atomic E-state index is 11.3. The molecule has 3 rings (SSSR count). The van der Waals surface area contributed by atoms with Crippen LogP contribution in [0.2, 0.25) is 0 Å². The summed E-state index contributed by atoms with van der Waals surface area (Å²) < 4.78 is 24.5. The van der Waals surface area contributed by atoms with E-state index in [1.165, 1.54) is 5.41 Å². The molecule has 98 valence electrons. The van der Waals surface area contributed by atoms with Gasteiger partial charge in [0.15, 0.2) is 14.9 Å². The van der Waals surface area contributed by atoms with Crippen LogP contribution in [0.15, 0.2) is 48.0 Å². The maximum Gasteiger partial charge on any atom is 0.178 e. The number of aromatic nitrogens is 1. The van der Waals surface area contributed by atoms with E-state index in [4.69, 9.17) is 12.2 Å². The lowest BCUT2D eigenvalue weighted by Gasteiger charge is -2.14. The summed E-state index contributed by atoms with van der Waals surface area (Å²) >= 11 is 5.34. The van der Waals surface area contributed by atoms with E-state index in [0.717, 1.165) is 10.9 Å². The number of nitrogens with one attached hydrogen (secondary N) is 1. The van der Waals surface area contributed by atoms with Crippen molar-refractivity contribution in [3.63, 3.8) is 0 Å². The highest BCUT2D eigenvalue weighted by atomic mass is 32.2. The molecular formula is C13H12N2O2S2. The third-order valence-corrected chi connectivity index (χ3v) is 4.77. The van der Waals surface area contributed by atoms with Crippen molar-refractivity contribution in [3.05, 3.63) is 48.0 Å². The fraction of sp³-hybridized carbons (Fsp3) is 0.154. The summed E-state index contributed by atoms with van der Waals surface area (Å²) in [6, 6.07) is 9.62. The van der Waals surface area contributed by atoms with Crippen LogP contribution < -0.4 is 5.32 Å². The number of para-hydroxylation sites is 1. The van der Waals surface area contributed by atoms with Crippen LogP contribution in [0.4, 0.5) is 0 Å². The number of hydrogen-bond acceptors (Lipinski definition) is 3. The van der Waals surface area contributed by atoms with Gasteiger partial charge >= 0.3 is 0 Å². The van der Waals surface area contributed by atoms with Gasteiger partial charge in [-0.1, -0.05) is 18.2 Å². The molecule has 0 aliphatic carbocycles. The number of rotatable bonds is 1. The Morgan fingerprint density at radius 2 is 2.11 bits per heavy atom. The molecule has 1 N–H and O–H groups in total. The number of benzene rings is 1. The van der Waals surface area contributed by atoms with E-state index in [1.807, 2.05) is 41.1 Å². The predicted octanol–water partition coefficient (Wildman–Crippen LogP) is 1.67. The standard InChI is InChI=1S/C13H12N2O2S2/c16-19(17)8-6-11(9-19)14-13(18)15-7-5-10-3-1-2-4-12(10)15/h1-8,11H,9H2,(H,14,18). The molecule has 0 fully saturated rings. The van der Waals surface area contributed by atoms with E-state index in [2.05, 4.69) is 5.32 Å². The van der Waals surface area contributed by atoms with E-state index < -0.39 is 9.84 Å². The van der Waals surface area contributed by atoms with Crippen LogP contribution in [0.25, 0.3) is 10.9 Å². The normalized spacial score (nSPS) is 20.7. The quantitative estimate of drug-likeness (QED) is 0.813. The highest BCUT2D eigenvalue weighted by Gasteiger charge is 2.22. The van der Waals surface area contributed by atoms with Crippen LogP contribution in [-0.4, -0.2) is 29.9 Å². The molecule has 1 atom stereocenters. The Labute approximate surface area is 116 Å². The molecule has 6 heteroatoms. The molecule has 1 aliphatic heterocycles. The van der Waals surface area contributed by atoms with Gasteiger partial charge in [0.1, 0.15) is 0 Å². The summed E-state index contributed by atoms with van der Waals surface area (Å²) in [5, 5.41) is 5.90. The first-order valence-electron chi connectivity index (χ1n) is 5.83. The zero-order valence-electron chi connectivity index (χ0n) is 9.98. The first-order valence-corrected chi connectivity index (χ1v) is 7.95. The SMILES string of the molecule is O=S1(=O)C=CC(NC(=S)n2ccc3ccccc32)C1. The minimum absolute atomic E-state index is 0.0618. The summed E-state index contributed by atoms with van der Waals surface area (Å²) in [5.74, 6) is 0.0618. The Kier molecular flexibility index (Phi) is 2.91. The molecule has 0 spiro atoms. The molecule has 0 saturated heterocycles. The van der Waals surface area contributed by atoms with Gasteiger partial charge in [-0.05, 0) is 30.4 Å². The lowest BCUT2D eigenvalue weighted by atomic mass is 10.2. The van der Waals surface area contributed by atoms with Gasteiger partial charge in [-0.2, -0.15) is 0 Å². The van der Waals surface area contributed by atoms with Gasteiger partial charge in [-0.15, -0.1) is 0 Å². The van der Waals surface area contributed by atoms with E-state index in [1.54, 1.807) is 6.08 Å². The Morgan fingerprint density at radius 3 is 2.84 bits per heavy atom. The average Bonchev–Trinajstić information content (AvgIpc) is 2.92. The van der Waals surface area contributed by atoms with Gasteiger partial charge < -0.3 is 5.32 Å². The number of sulfone groups is 1. The number of thiocarbonyl (C=S) groups is 1. The van der Waals surface area contributed by atoms with E-state index in [0.29, 0.717) is 5.11 Å². The molecule has 1 aromatic carbocycles. The summed E-state index contributed by atoms with van der Waals surface area (Å²) in [4.78, 5) is 0. The third kappa shape index (κ3) is 2.41. The van der Waals surface area contributed by atoms with Crippen molar-refractivity contribution < 1.29 is 8.42 Å². The van der Waals surface area contributed by atoms with Crippen LogP contribution in [0.1, 0.15) is 0 Å². The summed E-state index contributed by atoms with van der Waals surface area (Å²) in [6.07, 6.45) is 3.51. The Bertz CT molecular complexity index is 775. The van der Waals surface area contributed by atoms with Gasteiger partial charge in [0.25, 0.3) is 0 Å². The lowest BCUT2D eigenvalue weighted by Crippen LogP contribution is -2.37. The molecule has 1 aromatic heterocycles. The second-order valence-electron chi connectivity index (χ2n) is 4.46. The van der Waals surface area contributed by atoms with Crippen molar-refractivity contribution in [1.82, 2.24) is 9.88 Å². The zero-order chi connectivity index (χ0) is 13.5. The van der Waals surface area contributed by atoms with E-state index >= 15 is 0 Å². The Hall–Kier alpha value is -1.66. The molecule has 19 heavy (non-hydrogen) atoms. The molecule has 1 aliphatic rings. The van der Waals surface area contributed by atoms with Crippen molar-refractivity contribution in [2.24, 2.45) is 0 Å². The average molecular weight is 292 g/mol. The third-order valence-electron chi connectivity index (χ3n) is 3.06. The topological polar surface area (TPSA) is 51.1 Å². The van der Waals surface area contributed by atoms with Crippen molar-refractivity contribution >= 4 is 38.1 Å². The highest BCUT2D eigenvalue weighted by molar-refractivity contribution is 7.94. The van der Waals surface area contributed by atoms with Crippen LogP contribution in [0.5, 0.6) is 0 Å². The Balaban J connectivity index is 1.84. The molecule has 2 heterocycles. The predicted molar refractivity (Wildman–Crippen MR) is 79.8 cm³/mol. The van der Waals surface area contributed by atoms with Gasteiger partial charge in [-0.25, -0.2) is 8.42 Å². The fourth-order valence-corrected chi connectivity index (χ4v) is 3.70. The first-order chi connectivity index (χ1) is 9.05. The summed E-state index contributed by atoms with van der Waals surface area (Å²) in [6.45, 7) is 0. The molecule has 0 saturated carbocycles. The second kappa shape index (κ2) is 4.47. The zero-order valence-corrected chi connectivity index (χ0v) is 11.6. The highest BCUT2D eigenvalue weighted by Crippen LogP contribution is 2.15. The van der Waals surface area contributed by atoms with E-state index in [-0.39, 0.29) is 11.8 Å². The summed E-state index contributed by atoms with van der Waals surface area (Å²) in [5.41, 5.74) is 1.00. The number of hydrogen-bond donors (Lipinski definition) is 1. The number of fused-ring (bicyclic) bond motifs is 1. The van der Waals surface area contributed by atoms with E-state index in [9.17, 15) is 8.42 Å². The smallest absolute Gasteiger partial charge is 0.178 e. The molecular weight excluding hydrogens is 280 g/mol. The molecule has 2 aromatic rings. The van der Waals surface area contributed by atoms with Gasteiger partial charge in [0, 0.05) is 17.0 Å². The largest absolute Gasteiger partial charge is 0.355 e. The van der Waals surface area contributed by atoms with Crippen LogP contribution in [0.3, 0.4) is 0 Å². The molecule has 0 amide bonds. The molecule has 4 nitrogen and oxygen atoms in total. The van der Waals surface area contributed by atoms with Crippen molar-refractivity contribution in [2.45, 2.75) is 6.04 Å². The minimum atomic E-state index is -3.06. The van der Waals surface area contributed by atoms with Crippen LogP contribution in [-0.2, 0) is 9.84 Å². The van der Waals surface area contributed by atoms with Crippen molar-refractivity contribution in [1.29, 1.82) is 0 Å². The van der Waals surface area contributed by atoms with Crippen molar-refractivity contribution in [2.75, 3.05) is 5.75 Å². The molecule has 0 radical (unpaired) electrons. The minimum Gasteiger partial charge on any atom is -0.355 e. The summed E-state index contributed by atoms with van der Waals surface area (Å²) in [7, 11) is -3.06.